The minimum atomic E-state index is 0.328. The Morgan fingerprint density at radius 1 is 1.47 bits per heavy atom. The Hall–Kier alpha value is -1.80. The second-order valence-corrected chi connectivity index (χ2v) is 3.30. The van der Waals surface area contributed by atoms with E-state index < -0.39 is 0 Å². The van der Waals surface area contributed by atoms with Gasteiger partial charge in [-0.15, -0.1) is 0 Å². The topological polar surface area (TPSA) is 41.9 Å². The van der Waals surface area contributed by atoms with Gasteiger partial charge in [-0.05, 0) is 18.2 Å². The number of hydrogen-bond acceptors (Lipinski definition) is 4. The Morgan fingerprint density at radius 3 is 2.73 bits per heavy atom. The Morgan fingerprint density at radius 2 is 2.20 bits per heavy atom. The highest BCUT2D eigenvalue weighted by molar-refractivity contribution is 5.55. The molecule has 0 unspecified atom stereocenters. The molecule has 0 aliphatic carbocycles. The molecule has 0 bridgehead atoms. The van der Waals surface area contributed by atoms with Crippen LogP contribution in [0.1, 0.15) is 5.56 Å². The lowest BCUT2D eigenvalue weighted by molar-refractivity contribution is 0.414. The second-order valence-electron chi connectivity index (χ2n) is 3.30. The van der Waals surface area contributed by atoms with Gasteiger partial charge in [0.05, 0.1) is 13.7 Å². The molecule has 0 aliphatic rings. The highest BCUT2D eigenvalue weighted by Crippen LogP contribution is 2.24. The normalized spacial score (nSPS) is 9.27. The summed E-state index contributed by atoms with van der Waals surface area (Å²) >= 11 is 0. The van der Waals surface area contributed by atoms with Crippen molar-refractivity contribution in [3.05, 3.63) is 23.8 Å². The third kappa shape index (κ3) is 2.82. The summed E-state index contributed by atoms with van der Waals surface area (Å²) in [5, 5.41) is 0. The van der Waals surface area contributed by atoms with Gasteiger partial charge in [0.15, 0.2) is 0 Å². The van der Waals surface area contributed by atoms with Gasteiger partial charge in [-0.1, -0.05) is 0 Å². The molecule has 1 aromatic carbocycles. The maximum absolute atomic E-state index is 10.1. The van der Waals surface area contributed by atoms with Crippen molar-refractivity contribution in [1.82, 2.24) is 0 Å². The molecule has 0 amide bonds. The minimum Gasteiger partial charge on any atom is -0.497 e. The van der Waals surface area contributed by atoms with Gasteiger partial charge in [0.25, 0.3) is 0 Å². The molecule has 0 N–H and O–H groups in total. The molecule has 4 heteroatoms. The summed E-state index contributed by atoms with van der Waals surface area (Å²) in [4.78, 5) is 15.6. The average molecular weight is 206 g/mol. The first-order valence-corrected chi connectivity index (χ1v) is 4.57. The Bertz CT molecular complexity index is 382. The van der Waals surface area contributed by atoms with E-state index in [1.165, 1.54) is 6.08 Å². The molecule has 0 radical (unpaired) electrons. The van der Waals surface area contributed by atoms with Crippen LogP contribution in [-0.4, -0.2) is 27.3 Å². The number of anilines is 1. The number of isocyanates is 1. The number of methoxy groups -OCH3 is 1. The molecule has 0 fully saturated rings. The molecule has 0 aromatic heterocycles. The first kappa shape index (κ1) is 11.3. The van der Waals surface area contributed by atoms with E-state index in [1.807, 2.05) is 37.2 Å². The van der Waals surface area contributed by atoms with E-state index in [0.717, 1.165) is 17.0 Å². The lowest BCUT2D eigenvalue weighted by Crippen LogP contribution is -2.11. The van der Waals surface area contributed by atoms with E-state index >= 15 is 0 Å². The zero-order chi connectivity index (χ0) is 11.3. The van der Waals surface area contributed by atoms with Crippen LogP contribution in [0.2, 0.25) is 0 Å². The number of rotatable bonds is 4. The molecule has 4 nitrogen and oxygen atoms in total. The SMILES string of the molecule is COc1ccc(N(C)C)c(CN=C=O)c1. The van der Waals surface area contributed by atoms with Gasteiger partial charge in [-0.25, -0.2) is 9.79 Å². The van der Waals surface area contributed by atoms with Crippen LogP contribution in [0.5, 0.6) is 5.75 Å². The summed E-state index contributed by atoms with van der Waals surface area (Å²) < 4.78 is 5.11. The molecule has 0 spiro atoms. The molecule has 0 saturated carbocycles. The number of benzene rings is 1. The largest absolute Gasteiger partial charge is 0.497 e. The van der Waals surface area contributed by atoms with Crippen LogP contribution in [-0.2, 0) is 11.3 Å². The van der Waals surface area contributed by atoms with Crippen LogP contribution in [0.15, 0.2) is 23.2 Å². The third-order valence-electron chi connectivity index (χ3n) is 2.08. The zero-order valence-corrected chi connectivity index (χ0v) is 9.15. The van der Waals surface area contributed by atoms with Crippen molar-refractivity contribution in [2.45, 2.75) is 6.54 Å². The molecular weight excluding hydrogens is 192 g/mol. The summed E-state index contributed by atoms with van der Waals surface area (Å²) in [6.07, 6.45) is 1.54. The predicted molar refractivity (Wildman–Crippen MR) is 59.1 cm³/mol. The maximum Gasteiger partial charge on any atom is 0.235 e. The molecule has 15 heavy (non-hydrogen) atoms. The quantitative estimate of drug-likeness (QED) is 0.555. The molecular formula is C11H14N2O2. The third-order valence-corrected chi connectivity index (χ3v) is 2.08. The molecule has 1 aromatic rings. The Labute approximate surface area is 89.2 Å². The fourth-order valence-corrected chi connectivity index (χ4v) is 1.37. The number of nitrogens with zero attached hydrogens (tertiary/aromatic N) is 2. The lowest BCUT2D eigenvalue weighted by Gasteiger charge is -2.17. The molecule has 0 aliphatic heterocycles. The fourth-order valence-electron chi connectivity index (χ4n) is 1.37. The van der Waals surface area contributed by atoms with Gasteiger partial charge in [0.1, 0.15) is 5.75 Å². The van der Waals surface area contributed by atoms with Crippen molar-refractivity contribution in [3.8, 4) is 5.75 Å². The first-order chi connectivity index (χ1) is 7.19. The van der Waals surface area contributed by atoms with Crippen molar-refractivity contribution < 1.29 is 9.53 Å². The van der Waals surface area contributed by atoms with Crippen LogP contribution >= 0.6 is 0 Å². The average Bonchev–Trinajstić information content (AvgIpc) is 2.25. The van der Waals surface area contributed by atoms with Gasteiger partial charge in [-0.3, -0.25) is 0 Å². The Balaban J connectivity index is 3.09. The number of aliphatic imine (C=N–C) groups is 1. The zero-order valence-electron chi connectivity index (χ0n) is 9.15. The van der Waals surface area contributed by atoms with E-state index in [-0.39, 0.29) is 0 Å². The lowest BCUT2D eigenvalue weighted by atomic mass is 10.1. The summed E-state index contributed by atoms with van der Waals surface area (Å²) in [7, 11) is 5.49. The maximum atomic E-state index is 10.1. The smallest absolute Gasteiger partial charge is 0.235 e. The number of carbonyl (C=O) groups excluding carboxylic acids is 1. The highest BCUT2D eigenvalue weighted by atomic mass is 16.5. The van der Waals surface area contributed by atoms with Crippen LogP contribution < -0.4 is 9.64 Å². The molecule has 0 saturated heterocycles. The number of hydrogen-bond donors (Lipinski definition) is 0. The summed E-state index contributed by atoms with van der Waals surface area (Å²) in [6.45, 7) is 0.328. The monoisotopic (exact) mass is 206 g/mol. The van der Waals surface area contributed by atoms with E-state index in [1.54, 1.807) is 7.11 Å². The fraction of sp³-hybridized carbons (Fsp3) is 0.364. The van der Waals surface area contributed by atoms with Crippen molar-refractivity contribution >= 4 is 11.8 Å². The van der Waals surface area contributed by atoms with Gasteiger partial charge in [0, 0.05) is 25.3 Å². The van der Waals surface area contributed by atoms with Crippen molar-refractivity contribution in [1.29, 1.82) is 0 Å². The Kier molecular flexibility index (Phi) is 3.89. The summed E-state index contributed by atoms with van der Waals surface area (Å²) in [5.41, 5.74) is 1.97. The van der Waals surface area contributed by atoms with Crippen LogP contribution in [0.4, 0.5) is 5.69 Å². The highest BCUT2D eigenvalue weighted by Gasteiger charge is 2.05. The standard InChI is InChI=1S/C11H14N2O2/c1-13(2)11-5-4-10(15-3)6-9(11)7-12-8-14/h4-6H,7H2,1-3H3. The molecule has 80 valence electrons. The summed E-state index contributed by atoms with van der Waals surface area (Å²) in [6, 6.07) is 5.69. The van der Waals surface area contributed by atoms with E-state index in [4.69, 9.17) is 4.74 Å². The second kappa shape index (κ2) is 5.17. The van der Waals surface area contributed by atoms with Crippen LogP contribution in [0.3, 0.4) is 0 Å². The molecule has 0 atom stereocenters. The van der Waals surface area contributed by atoms with Crippen molar-refractivity contribution in [3.63, 3.8) is 0 Å². The van der Waals surface area contributed by atoms with Gasteiger partial charge in [-0.2, -0.15) is 0 Å². The van der Waals surface area contributed by atoms with Crippen LogP contribution in [0.25, 0.3) is 0 Å². The van der Waals surface area contributed by atoms with Crippen LogP contribution in [0, 0.1) is 0 Å². The predicted octanol–water partition coefficient (Wildman–Crippen LogP) is 1.60. The van der Waals surface area contributed by atoms with Gasteiger partial charge >= 0.3 is 0 Å². The van der Waals surface area contributed by atoms with Gasteiger partial charge in [0.2, 0.25) is 6.08 Å². The number of ether oxygens (including phenoxy) is 1. The van der Waals surface area contributed by atoms with E-state index in [9.17, 15) is 4.79 Å². The molecule has 1 rings (SSSR count). The van der Waals surface area contributed by atoms with E-state index in [0.29, 0.717) is 6.54 Å². The van der Waals surface area contributed by atoms with Gasteiger partial charge < -0.3 is 9.64 Å². The van der Waals surface area contributed by atoms with Crippen molar-refractivity contribution in [2.75, 3.05) is 26.1 Å². The molecule has 0 heterocycles. The van der Waals surface area contributed by atoms with E-state index in [2.05, 4.69) is 4.99 Å². The summed E-state index contributed by atoms with van der Waals surface area (Å²) in [5.74, 6) is 0.761. The van der Waals surface area contributed by atoms with Crippen molar-refractivity contribution in [2.24, 2.45) is 4.99 Å². The minimum absolute atomic E-state index is 0.328. The first-order valence-electron chi connectivity index (χ1n) is 4.57.